The lowest BCUT2D eigenvalue weighted by Crippen LogP contribution is -1.97. The van der Waals surface area contributed by atoms with Crippen molar-refractivity contribution in [2.24, 2.45) is 0 Å². The van der Waals surface area contributed by atoms with Crippen LogP contribution in [-0.2, 0) is 0 Å². The molecule has 0 aromatic heterocycles. The van der Waals surface area contributed by atoms with Gasteiger partial charge in [-0.25, -0.2) is 0 Å². The number of benzene rings is 1. The first kappa shape index (κ1) is 10.5. The highest BCUT2D eigenvalue weighted by Gasteiger charge is 2.07. The van der Waals surface area contributed by atoms with Crippen molar-refractivity contribution in [1.82, 2.24) is 0 Å². The van der Waals surface area contributed by atoms with Crippen LogP contribution in [0.25, 0.3) is 0 Å². The van der Waals surface area contributed by atoms with Gasteiger partial charge in [-0.2, -0.15) is 5.26 Å². The highest BCUT2D eigenvalue weighted by molar-refractivity contribution is 14.1. The molecular formula is C10H8FIN. The molecule has 1 nitrogen and oxygen atoms in total. The molecule has 0 spiro atoms. The molecule has 1 aromatic rings. The number of hydrogen-bond acceptors (Lipinski definition) is 1. The van der Waals surface area contributed by atoms with Gasteiger partial charge in [-0.3, -0.25) is 4.39 Å². The number of halogens is 2. The zero-order chi connectivity index (χ0) is 9.84. The zero-order valence-corrected chi connectivity index (χ0v) is 9.30. The molecule has 0 aliphatic rings. The summed E-state index contributed by atoms with van der Waals surface area (Å²) >= 11 is 2.12. The Balaban J connectivity index is 3.10. The first-order valence-electron chi connectivity index (χ1n) is 3.77. The van der Waals surface area contributed by atoms with Gasteiger partial charge in [0.25, 0.3) is 0 Å². The summed E-state index contributed by atoms with van der Waals surface area (Å²) in [5.74, 6) is 0.662. The Morgan fingerprint density at radius 3 is 2.77 bits per heavy atom. The van der Waals surface area contributed by atoms with E-state index in [0.29, 0.717) is 11.5 Å². The summed E-state index contributed by atoms with van der Waals surface area (Å²) < 4.78 is 13.3. The van der Waals surface area contributed by atoms with Crippen molar-refractivity contribution < 1.29 is 4.39 Å². The summed E-state index contributed by atoms with van der Waals surface area (Å²) in [7, 11) is 0. The van der Waals surface area contributed by atoms with E-state index in [1.54, 1.807) is 19.1 Å². The molecule has 1 rings (SSSR count). The minimum atomic E-state index is -0.467. The van der Waals surface area contributed by atoms with Crippen LogP contribution in [0, 0.1) is 20.8 Å². The monoisotopic (exact) mass is 288 g/mol. The van der Waals surface area contributed by atoms with Gasteiger partial charge in [-0.1, -0.05) is 6.92 Å². The number of alkyl halides is 1. The first-order valence-corrected chi connectivity index (χ1v) is 4.84. The Hall–Kier alpha value is -0.630. The molecule has 0 unspecified atom stereocenters. The molecule has 0 saturated carbocycles. The van der Waals surface area contributed by atoms with E-state index < -0.39 is 6.67 Å². The molecule has 0 aliphatic carbocycles. The van der Waals surface area contributed by atoms with Crippen molar-refractivity contribution in [3.8, 4) is 6.07 Å². The molecule has 0 heterocycles. The van der Waals surface area contributed by atoms with Gasteiger partial charge >= 0.3 is 0 Å². The van der Waals surface area contributed by atoms with E-state index >= 15 is 0 Å². The Bertz CT molecular complexity index is 343. The Morgan fingerprint density at radius 1 is 1.54 bits per heavy atom. The third-order valence-corrected chi connectivity index (χ3v) is 2.34. The summed E-state index contributed by atoms with van der Waals surface area (Å²) in [6, 6.07) is 7.40. The molecule has 0 bridgehead atoms. The van der Waals surface area contributed by atoms with Crippen LogP contribution in [0.4, 0.5) is 4.39 Å². The Labute approximate surface area is 90.7 Å². The maximum atomic E-state index is 12.3. The van der Waals surface area contributed by atoms with Gasteiger partial charge in [0.1, 0.15) is 0 Å². The van der Waals surface area contributed by atoms with Crippen molar-refractivity contribution in [3.05, 3.63) is 38.8 Å². The molecule has 3 heteroatoms. The van der Waals surface area contributed by atoms with Gasteiger partial charge < -0.3 is 0 Å². The molecule has 1 aromatic carbocycles. The van der Waals surface area contributed by atoms with E-state index in [2.05, 4.69) is 22.6 Å². The molecule has 0 saturated heterocycles. The van der Waals surface area contributed by atoms with Gasteiger partial charge in [0.15, 0.2) is 0 Å². The maximum absolute atomic E-state index is 12.3. The van der Waals surface area contributed by atoms with E-state index in [0.717, 1.165) is 9.13 Å². The van der Waals surface area contributed by atoms with E-state index in [1.165, 1.54) is 0 Å². The normalized spacial score (nSPS) is 10.1. The van der Waals surface area contributed by atoms with Crippen LogP contribution in [0.5, 0.6) is 0 Å². The molecule has 0 amide bonds. The fourth-order valence-electron chi connectivity index (χ4n) is 0.978. The number of rotatable bonds is 2. The van der Waals surface area contributed by atoms with Crippen molar-refractivity contribution >= 4 is 22.6 Å². The molecule has 0 aliphatic heterocycles. The van der Waals surface area contributed by atoms with Crippen LogP contribution in [0.3, 0.4) is 0 Å². The van der Waals surface area contributed by atoms with Crippen molar-refractivity contribution in [3.63, 3.8) is 0 Å². The summed E-state index contributed by atoms with van der Waals surface area (Å²) in [6.45, 7) is 1.26. The van der Waals surface area contributed by atoms with Crippen LogP contribution < -0.4 is 0 Å². The summed E-state index contributed by atoms with van der Waals surface area (Å²) in [4.78, 5) is 0. The molecule has 0 N–H and O–H groups in total. The van der Waals surface area contributed by atoms with Gasteiger partial charge in [0.05, 0.1) is 18.3 Å². The van der Waals surface area contributed by atoms with Crippen molar-refractivity contribution in [1.29, 1.82) is 5.26 Å². The number of hydrogen-bond donors (Lipinski definition) is 0. The highest BCUT2D eigenvalue weighted by atomic mass is 127. The van der Waals surface area contributed by atoms with Gasteiger partial charge in [-0.15, -0.1) is 0 Å². The van der Waals surface area contributed by atoms with Crippen molar-refractivity contribution in [2.75, 3.05) is 6.67 Å². The Morgan fingerprint density at radius 2 is 2.23 bits per heavy atom. The smallest absolute Gasteiger partial charge is 0.0997 e. The summed E-state index contributed by atoms with van der Waals surface area (Å²) in [5.41, 5.74) is 1.39. The van der Waals surface area contributed by atoms with E-state index in [-0.39, 0.29) is 0 Å². The van der Waals surface area contributed by atoms with Crippen LogP contribution >= 0.6 is 22.6 Å². The van der Waals surface area contributed by atoms with Crippen LogP contribution in [0.1, 0.15) is 18.1 Å². The third kappa shape index (κ3) is 2.66. The first-order chi connectivity index (χ1) is 6.17. The topological polar surface area (TPSA) is 23.8 Å². The van der Waals surface area contributed by atoms with E-state index in [1.807, 2.05) is 12.1 Å². The fraction of sp³-hybridized carbons (Fsp3) is 0.200. The standard InChI is InChI=1S/C10H8FIN/c1-7(5-11)9-2-8(6-13)3-10(12)4-9/h2-4H,5H2,1H3. The molecule has 0 atom stereocenters. The van der Waals surface area contributed by atoms with Gasteiger partial charge in [-0.05, 0) is 46.4 Å². The third-order valence-electron chi connectivity index (χ3n) is 1.72. The predicted octanol–water partition coefficient (Wildman–Crippen LogP) is 3.07. The van der Waals surface area contributed by atoms with Gasteiger partial charge in [0.2, 0.25) is 0 Å². The lowest BCUT2D eigenvalue weighted by molar-refractivity contribution is 0.516. The van der Waals surface area contributed by atoms with Crippen LogP contribution in [0.15, 0.2) is 18.2 Å². The van der Waals surface area contributed by atoms with Crippen LogP contribution in [0.2, 0.25) is 0 Å². The molecular weight excluding hydrogens is 280 g/mol. The average molecular weight is 288 g/mol. The molecule has 1 radical (unpaired) electrons. The average Bonchev–Trinajstić information content (AvgIpc) is 2.15. The molecule has 13 heavy (non-hydrogen) atoms. The second-order valence-electron chi connectivity index (χ2n) is 2.75. The van der Waals surface area contributed by atoms with Crippen molar-refractivity contribution in [2.45, 2.75) is 6.92 Å². The second kappa shape index (κ2) is 4.56. The van der Waals surface area contributed by atoms with E-state index in [9.17, 15) is 4.39 Å². The minimum absolute atomic E-state index is 0.467. The predicted molar refractivity (Wildman–Crippen MR) is 57.9 cm³/mol. The van der Waals surface area contributed by atoms with Crippen LogP contribution in [-0.4, -0.2) is 6.67 Å². The Kier molecular flexibility index (Phi) is 3.67. The molecule has 67 valence electrons. The zero-order valence-electron chi connectivity index (χ0n) is 7.14. The number of nitriles is 1. The minimum Gasteiger partial charge on any atom is -0.250 e. The highest BCUT2D eigenvalue weighted by Crippen LogP contribution is 2.19. The number of nitrogens with zero attached hydrogens (tertiary/aromatic N) is 1. The fourth-order valence-corrected chi connectivity index (χ4v) is 1.65. The largest absolute Gasteiger partial charge is 0.250 e. The summed E-state index contributed by atoms with van der Waals surface area (Å²) in [6.07, 6.45) is 0. The summed E-state index contributed by atoms with van der Waals surface area (Å²) in [5, 5.41) is 8.68. The van der Waals surface area contributed by atoms with E-state index in [4.69, 9.17) is 5.26 Å². The maximum Gasteiger partial charge on any atom is 0.0997 e. The van der Waals surface area contributed by atoms with Gasteiger partial charge in [0, 0.05) is 9.49 Å². The molecule has 0 fully saturated rings. The SMILES string of the molecule is C[C](CF)c1cc(I)cc(C#N)c1. The lowest BCUT2D eigenvalue weighted by atomic mass is 10.0. The quantitative estimate of drug-likeness (QED) is 0.767. The lowest BCUT2D eigenvalue weighted by Gasteiger charge is -2.06. The second-order valence-corrected chi connectivity index (χ2v) is 4.00.